The number of benzene rings is 1. The van der Waals surface area contributed by atoms with Crippen LogP contribution < -0.4 is 4.90 Å². The van der Waals surface area contributed by atoms with E-state index in [-0.39, 0.29) is 29.1 Å². The van der Waals surface area contributed by atoms with Crippen molar-refractivity contribution < 1.29 is 27.6 Å². The average molecular weight is 392 g/mol. The van der Waals surface area contributed by atoms with Crippen molar-refractivity contribution in [2.24, 2.45) is 0 Å². The Morgan fingerprint density at radius 2 is 1.68 bits per heavy atom. The molecule has 5 nitrogen and oxygen atoms in total. The molecular formula is C20H19F3N2O3. The van der Waals surface area contributed by atoms with Crippen LogP contribution in [0, 0.1) is 0 Å². The van der Waals surface area contributed by atoms with Gasteiger partial charge in [0, 0.05) is 32.0 Å². The third kappa shape index (κ3) is 5.03. The third-order valence-corrected chi connectivity index (χ3v) is 3.99. The summed E-state index contributed by atoms with van der Waals surface area (Å²) in [6, 6.07) is 7.22. The molecule has 0 spiro atoms. The number of Topliss-reactive ketones (excluding diaryl/α,β-unsaturated/α-hetero) is 1. The van der Waals surface area contributed by atoms with Crippen LogP contribution in [0.3, 0.4) is 0 Å². The molecule has 0 atom stereocenters. The summed E-state index contributed by atoms with van der Waals surface area (Å²) in [5.74, 6) is -1.55. The van der Waals surface area contributed by atoms with E-state index < -0.39 is 24.4 Å². The van der Waals surface area contributed by atoms with Crippen molar-refractivity contribution in [3.05, 3.63) is 47.8 Å². The Labute approximate surface area is 160 Å². The molecule has 1 aromatic heterocycles. The first-order valence-electron chi connectivity index (χ1n) is 8.54. The summed E-state index contributed by atoms with van der Waals surface area (Å²) >= 11 is 0. The first-order valence-corrected chi connectivity index (χ1v) is 8.54. The van der Waals surface area contributed by atoms with Crippen LogP contribution in [0.2, 0.25) is 0 Å². The molecule has 8 heteroatoms. The van der Waals surface area contributed by atoms with Gasteiger partial charge in [0.25, 0.3) is 0 Å². The highest BCUT2D eigenvalue weighted by Crippen LogP contribution is 2.30. The zero-order valence-corrected chi connectivity index (χ0v) is 15.6. The molecule has 0 aliphatic heterocycles. The molecule has 2 amide bonds. The van der Waals surface area contributed by atoms with E-state index in [9.17, 15) is 27.6 Å². The Morgan fingerprint density at radius 1 is 1.04 bits per heavy atom. The van der Waals surface area contributed by atoms with Crippen LogP contribution in [0.15, 0.2) is 36.5 Å². The van der Waals surface area contributed by atoms with Gasteiger partial charge in [-0.25, -0.2) is 4.90 Å². The number of amides is 2. The van der Waals surface area contributed by atoms with Gasteiger partial charge >= 0.3 is 6.18 Å². The van der Waals surface area contributed by atoms with Crippen molar-refractivity contribution in [1.29, 1.82) is 0 Å². The number of alkyl halides is 3. The van der Waals surface area contributed by atoms with Crippen molar-refractivity contribution >= 4 is 23.3 Å². The van der Waals surface area contributed by atoms with E-state index in [0.29, 0.717) is 11.1 Å². The second-order valence-corrected chi connectivity index (χ2v) is 6.23. The number of imide groups is 1. The number of carbonyl (C=O) groups is 3. The average Bonchev–Trinajstić information content (AvgIpc) is 2.59. The van der Waals surface area contributed by atoms with Gasteiger partial charge in [-0.15, -0.1) is 0 Å². The van der Waals surface area contributed by atoms with Crippen molar-refractivity contribution in [3.63, 3.8) is 0 Å². The lowest BCUT2D eigenvalue weighted by atomic mass is 10.0. The lowest BCUT2D eigenvalue weighted by Crippen LogP contribution is -2.34. The number of aromatic nitrogens is 1. The summed E-state index contributed by atoms with van der Waals surface area (Å²) in [5, 5.41) is 0. The Kier molecular flexibility index (Phi) is 6.33. The molecule has 0 aliphatic rings. The molecular weight excluding hydrogens is 373 g/mol. The first kappa shape index (κ1) is 21.3. The number of hydrogen-bond donors (Lipinski definition) is 0. The van der Waals surface area contributed by atoms with Crippen LogP contribution in [-0.2, 0) is 16.0 Å². The number of anilines is 1. The molecule has 0 fully saturated rings. The minimum Gasteiger partial charge on any atom is -0.292 e. The molecule has 1 aromatic carbocycles. The molecule has 0 saturated carbocycles. The van der Waals surface area contributed by atoms with Crippen LogP contribution in [0.25, 0.3) is 11.1 Å². The maximum atomic E-state index is 12.7. The second-order valence-electron chi connectivity index (χ2n) is 6.23. The first-order chi connectivity index (χ1) is 13.0. The highest BCUT2D eigenvalue weighted by molar-refractivity contribution is 6.16. The summed E-state index contributed by atoms with van der Waals surface area (Å²) in [4.78, 5) is 41.0. The van der Waals surface area contributed by atoms with Gasteiger partial charge in [-0.2, -0.15) is 13.2 Å². The van der Waals surface area contributed by atoms with Gasteiger partial charge in [0.05, 0.1) is 12.1 Å². The molecule has 28 heavy (non-hydrogen) atoms. The molecule has 0 bridgehead atoms. The minimum atomic E-state index is -4.35. The van der Waals surface area contributed by atoms with Crippen molar-refractivity contribution in [1.82, 2.24) is 4.98 Å². The van der Waals surface area contributed by atoms with E-state index in [1.54, 1.807) is 13.0 Å². The van der Waals surface area contributed by atoms with E-state index in [1.807, 2.05) is 0 Å². The molecule has 2 rings (SSSR count). The fourth-order valence-electron chi connectivity index (χ4n) is 2.82. The van der Waals surface area contributed by atoms with Crippen LogP contribution in [0.4, 0.5) is 18.9 Å². The lowest BCUT2D eigenvalue weighted by Gasteiger charge is -2.20. The maximum absolute atomic E-state index is 12.7. The highest BCUT2D eigenvalue weighted by atomic mass is 19.4. The van der Waals surface area contributed by atoms with Gasteiger partial charge < -0.3 is 0 Å². The van der Waals surface area contributed by atoms with Crippen LogP contribution in [0.5, 0.6) is 0 Å². The monoisotopic (exact) mass is 392 g/mol. The third-order valence-electron chi connectivity index (χ3n) is 3.99. The molecule has 0 radical (unpaired) electrons. The maximum Gasteiger partial charge on any atom is 0.393 e. The number of hydrogen-bond acceptors (Lipinski definition) is 4. The van der Waals surface area contributed by atoms with Crippen molar-refractivity contribution in [2.45, 2.75) is 39.8 Å². The summed E-state index contributed by atoms with van der Waals surface area (Å²) in [6.45, 7) is 3.98. The Hall–Kier alpha value is -3.03. The fourth-order valence-corrected chi connectivity index (χ4v) is 2.82. The molecule has 1 heterocycles. The predicted molar refractivity (Wildman–Crippen MR) is 97.9 cm³/mol. The van der Waals surface area contributed by atoms with Crippen LogP contribution in [0.1, 0.15) is 43.2 Å². The van der Waals surface area contributed by atoms with Crippen molar-refractivity contribution in [3.8, 4) is 11.1 Å². The normalized spacial score (nSPS) is 11.2. The summed E-state index contributed by atoms with van der Waals surface area (Å²) in [7, 11) is 0. The smallest absolute Gasteiger partial charge is 0.292 e. The van der Waals surface area contributed by atoms with Gasteiger partial charge in [0.1, 0.15) is 5.69 Å². The van der Waals surface area contributed by atoms with Crippen LogP contribution in [-0.4, -0.2) is 28.8 Å². The molecule has 148 valence electrons. The SMILES string of the molecule is CCC(=O)c1ncc(-c2cccc(CC(F)(F)F)c2)cc1N(C(C)=O)C(C)=O. The predicted octanol–water partition coefficient (Wildman–Crippen LogP) is 4.35. The van der Waals surface area contributed by atoms with Gasteiger partial charge in [0.15, 0.2) is 5.78 Å². The van der Waals surface area contributed by atoms with E-state index in [1.165, 1.54) is 44.3 Å². The van der Waals surface area contributed by atoms with Gasteiger partial charge in [-0.3, -0.25) is 19.4 Å². The Balaban J connectivity index is 2.60. The van der Waals surface area contributed by atoms with E-state index in [2.05, 4.69) is 4.98 Å². The number of rotatable bonds is 5. The summed E-state index contributed by atoms with van der Waals surface area (Å²) in [5.41, 5.74) is 0.862. The van der Waals surface area contributed by atoms with E-state index in [4.69, 9.17) is 0 Å². The topological polar surface area (TPSA) is 67.3 Å². The zero-order valence-electron chi connectivity index (χ0n) is 15.6. The van der Waals surface area contributed by atoms with Gasteiger partial charge in [0.2, 0.25) is 11.8 Å². The molecule has 0 unspecified atom stereocenters. The quantitative estimate of drug-likeness (QED) is 0.710. The zero-order chi connectivity index (χ0) is 21.1. The number of pyridine rings is 1. The van der Waals surface area contributed by atoms with Crippen LogP contribution >= 0.6 is 0 Å². The summed E-state index contributed by atoms with van der Waals surface area (Å²) < 4.78 is 38.0. The van der Waals surface area contributed by atoms with Gasteiger partial charge in [-0.1, -0.05) is 31.2 Å². The van der Waals surface area contributed by atoms with E-state index >= 15 is 0 Å². The van der Waals surface area contributed by atoms with E-state index in [0.717, 1.165) is 4.90 Å². The highest BCUT2D eigenvalue weighted by Gasteiger charge is 2.28. The number of nitrogens with zero attached hydrogens (tertiary/aromatic N) is 2. The number of carbonyl (C=O) groups excluding carboxylic acids is 3. The number of ketones is 1. The molecule has 2 aromatic rings. The summed E-state index contributed by atoms with van der Waals surface area (Å²) in [6.07, 6.45) is -3.97. The Morgan fingerprint density at radius 3 is 2.21 bits per heavy atom. The standard InChI is InChI=1S/C20H19F3N2O3/c1-4-18(28)19-17(25(12(2)26)13(3)27)9-16(11-24-19)15-7-5-6-14(8-15)10-20(21,22)23/h5-9,11H,4,10H2,1-3H3. The number of halogens is 3. The minimum absolute atomic E-state index is 0.0191. The van der Waals surface area contributed by atoms with Gasteiger partial charge in [-0.05, 0) is 17.2 Å². The largest absolute Gasteiger partial charge is 0.393 e. The molecule has 0 saturated heterocycles. The molecule has 0 aliphatic carbocycles. The Bertz CT molecular complexity index is 909. The fraction of sp³-hybridized carbons (Fsp3) is 0.300. The lowest BCUT2D eigenvalue weighted by molar-refractivity contribution is -0.127. The second kappa shape index (κ2) is 8.33. The molecule has 0 N–H and O–H groups in total. The van der Waals surface area contributed by atoms with Crippen molar-refractivity contribution in [2.75, 3.05) is 4.90 Å².